The van der Waals surface area contributed by atoms with E-state index in [4.69, 9.17) is 4.62 Å². The van der Waals surface area contributed by atoms with Gasteiger partial charge in [-0.15, -0.1) is 4.65 Å². The van der Waals surface area contributed by atoms with E-state index in [1.165, 1.54) is 0 Å². The van der Waals surface area contributed by atoms with Crippen LogP contribution in [-0.4, -0.2) is 22.4 Å². The molecule has 1 aliphatic heterocycles. The summed E-state index contributed by atoms with van der Waals surface area (Å²) in [6, 6.07) is 21.8. The van der Waals surface area contributed by atoms with Gasteiger partial charge in [-0.3, -0.25) is 9.79 Å². The van der Waals surface area contributed by atoms with Gasteiger partial charge in [-0.25, -0.2) is 4.57 Å². The molecule has 156 valence electrons. The van der Waals surface area contributed by atoms with Crippen LogP contribution in [0.25, 0.3) is 16.8 Å². The van der Waals surface area contributed by atoms with Crippen LogP contribution < -0.4 is 4.65 Å². The molecule has 2 atom stereocenters. The van der Waals surface area contributed by atoms with Crippen molar-refractivity contribution in [3.8, 4) is 0 Å². The monoisotopic (exact) mass is 424 g/mol. The summed E-state index contributed by atoms with van der Waals surface area (Å²) in [6.07, 6.45) is 4.09. The molecule has 3 aromatic carbocycles. The number of phosphoric acid groups is 1. The summed E-state index contributed by atoms with van der Waals surface area (Å²) >= 11 is 0. The number of para-hydroxylation sites is 1. The average molecular weight is 424 g/mol. The van der Waals surface area contributed by atoms with Gasteiger partial charge in [0.1, 0.15) is 6.54 Å². The second-order valence-electron chi connectivity index (χ2n) is 8.30. The molecular formula is C24H27NO4P+. The number of hydrogen-bond acceptors (Lipinski definition) is 2. The molecule has 2 N–H and O–H groups in total. The van der Waals surface area contributed by atoms with Crippen LogP contribution in [0.15, 0.2) is 72.8 Å². The van der Waals surface area contributed by atoms with Crippen molar-refractivity contribution in [2.45, 2.75) is 32.2 Å². The van der Waals surface area contributed by atoms with Gasteiger partial charge in [0.15, 0.2) is 11.7 Å². The summed E-state index contributed by atoms with van der Waals surface area (Å²) in [5.74, 6) is 0. The summed E-state index contributed by atoms with van der Waals surface area (Å²) in [6.45, 7) is 6.48. The highest BCUT2D eigenvalue weighted by Crippen LogP contribution is 2.55. The quantitative estimate of drug-likeness (QED) is 0.415. The highest BCUT2D eigenvalue weighted by Gasteiger charge is 2.59. The van der Waals surface area contributed by atoms with Crippen LogP contribution in [0, 0.1) is 0 Å². The van der Waals surface area contributed by atoms with Crippen molar-refractivity contribution in [1.29, 1.82) is 0 Å². The number of benzene rings is 3. The minimum absolute atomic E-state index is 0.241. The maximum atomic E-state index is 12.0. The lowest BCUT2D eigenvalue weighted by Gasteiger charge is -2.37. The van der Waals surface area contributed by atoms with E-state index in [0.717, 1.165) is 27.6 Å². The van der Waals surface area contributed by atoms with Gasteiger partial charge in [-0.1, -0.05) is 71.4 Å². The van der Waals surface area contributed by atoms with Gasteiger partial charge >= 0.3 is 7.82 Å². The molecule has 0 radical (unpaired) electrons. The lowest BCUT2D eigenvalue weighted by molar-refractivity contribution is -0.0899. The minimum atomic E-state index is -4.74. The Morgan fingerprint density at radius 3 is 2.43 bits per heavy atom. The highest BCUT2D eigenvalue weighted by molar-refractivity contribution is 7.46. The lowest BCUT2D eigenvalue weighted by atomic mass is 9.80. The fourth-order valence-corrected chi connectivity index (χ4v) is 5.54. The van der Waals surface area contributed by atoms with Crippen LogP contribution in [0.3, 0.4) is 0 Å². The van der Waals surface area contributed by atoms with Gasteiger partial charge in [0.25, 0.3) is 0 Å². The third-order valence-electron chi connectivity index (χ3n) is 6.20. The van der Waals surface area contributed by atoms with Crippen molar-refractivity contribution in [1.82, 2.24) is 4.65 Å². The average Bonchev–Trinajstić information content (AvgIpc) is 2.89. The Hall–Kier alpha value is -2.27. The third kappa shape index (κ3) is 3.43. The number of hydrogen-bond donors (Lipinski definition) is 2. The van der Waals surface area contributed by atoms with Crippen molar-refractivity contribution < 1.29 is 19.0 Å². The zero-order chi connectivity index (χ0) is 21.6. The third-order valence-corrected chi connectivity index (χ3v) is 6.70. The standard InChI is InChI=1S/C24H26NO4P/c1-4-25(29-30(26,27)28)22-15-8-7-14-21(22)24(2,3)23(25)17-16-19-12-9-11-18-10-5-6-13-20(18)19/h5-17,23H,4H2,1-3H3,(H-,26,27,28)/p+1. The molecule has 6 heteroatoms. The molecule has 0 saturated heterocycles. The maximum Gasteiger partial charge on any atom is 0.516 e. The van der Waals surface area contributed by atoms with E-state index in [-0.39, 0.29) is 16.1 Å². The predicted molar refractivity (Wildman–Crippen MR) is 122 cm³/mol. The normalized spacial score (nSPS) is 23.2. The first-order valence-electron chi connectivity index (χ1n) is 10.1. The molecule has 0 aromatic heterocycles. The van der Waals surface area contributed by atoms with E-state index >= 15 is 0 Å². The highest BCUT2D eigenvalue weighted by atomic mass is 31.2. The van der Waals surface area contributed by atoms with Crippen molar-refractivity contribution >= 4 is 30.4 Å². The molecule has 3 aromatic rings. The molecule has 0 bridgehead atoms. The number of fused-ring (bicyclic) bond motifs is 2. The van der Waals surface area contributed by atoms with Gasteiger partial charge in [-0.2, -0.15) is 0 Å². The van der Waals surface area contributed by atoms with Crippen molar-refractivity contribution in [2.24, 2.45) is 0 Å². The van der Waals surface area contributed by atoms with Crippen LogP contribution in [0.1, 0.15) is 31.9 Å². The first-order chi connectivity index (χ1) is 14.2. The fourth-order valence-electron chi connectivity index (χ4n) is 4.86. The number of likely N-dealkylation sites (N-methyl/N-ethyl adjacent to an activating group) is 1. The van der Waals surface area contributed by atoms with Gasteiger partial charge in [0, 0.05) is 11.6 Å². The van der Waals surface area contributed by atoms with Crippen LogP contribution in [-0.2, 0) is 14.6 Å². The first-order valence-corrected chi connectivity index (χ1v) is 11.6. The first kappa shape index (κ1) is 21.0. The van der Waals surface area contributed by atoms with Gasteiger partial charge < -0.3 is 0 Å². The Morgan fingerprint density at radius 2 is 1.70 bits per heavy atom. The second-order valence-corrected chi connectivity index (χ2v) is 9.44. The van der Waals surface area contributed by atoms with Gasteiger partial charge in [-0.05, 0) is 43.2 Å². The Bertz CT molecular complexity index is 1160. The predicted octanol–water partition coefficient (Wildman–Crippen LogP) is 5.56. The number of hydroxylamine groups is 2. The van der Waals surface area contributed by atoms with Crippen LogP contribution >= 0.6 is 7.82 Å². The molecule has 30 heavy (non-hydrogen) atoms. The summed E-state index contributed by atoms with van der Waals surface area (Å²) in [5.41, 5.74) is 2.50. The second kappa shape index (κ2) is 7.45. The number of nitrogens with zero attached hydrogens (tertiary/aromatic N) is 1. The number of rotatable bonds is 5. The maximum absolute atomic E-state index is 12.0. The molecule has 5 nitrogen and oxygen atoms in total. The zero-order valence-corrected chi connectivity index (χ0v) is 18.3. The SMILES string of the molecule is CC[N+]1(OP(=O)(O)O)c2ccccc2C(C)(C)C1C=Cc1cccc2ccccc12. The van der Waals surface area contributed by atoms with E-state index in [1.807, 2.05) is 61.5 Å². The fraction of sp³-hybridized carbons (Fsp3) is 0.250. The molecule has 0 amide bonds. The summed E-state index contributed by atoms with van der Waals surface area (Å²) < 4.78 is 17.3. The van der Waals surface area contributed by atoms with Gasteiger partial charge in [0.05, 0.1) is 5.41 Å². The van der Waals surface area contributed by atoms with Crippen LogP contribution in [0.4, 0.5) is 5.69 Å². The Balaban J connectivity index is 1.88. The van der Waals surface area contributed by atoms with E-state index in [0.29, 0.717) is 6.54 Å². The van der Waals surface area contributed by atoms with Crippen LogP contribution in [0.2, 0.25) is 0 Å². The molecule has 0 spiro atoms. The Morgan fingerprint density at radius 1 is 1.03 bits per heavy atom. The van der Waals surface area contributed by atoms with Crippen LogP contribution in [0.5, 0.6) is 0 Å². The molecule has 0 aliphatic carbocycles. The molecular weight excluding hydrogens is 397 g/mol. The lowest BCUT2D eigenvalue weighted by Crippen LogP contribution is -2.56. The summed E-state index contributed by atoms with van der Waals surface area (Å²) in [5, 5.41) is 2.28. The topological polar surface area (TPSA) is 66.8 Å². The Labute approximate surface area is 177 Å². The van der Waals surface area contributed by atoms with E-state index < -0.39 is 7.82 Å². The molecule has 0 saturated carbocycles. The molecule has 2 unspecified atom stereocenters. The molecule has 4 rings (SSSR count). The largest absolute Gasteiger partial charge is 0.516 e. The van der Waals surface area contributed by atoms with Crippen molar-refractivity contribution in [3.63, 3.8) is 0 Å². The smallest absolute Gasteiger partial charge is 0.300 e. The molecule has 0 fully saturated rings. The number of quaternary nitrogens is 1. The Kier molecular flexibility index (Phi) is 5.21. The van der Waals surface area contributed by atoms with E-state index in [9.17, 15) is 14.4 Å². The van der Waals surface area contributed by atoms with Crippen molar-refractivity contribution in [2.75, 3.05) is 6.54 Å². The van der Waals surface area contributed by atoms with E-state index in [1.54, 1.807) is 0 Å². The summed E-state index contributed by atoms with van der Waals surface area (Å²) in [7, 11) is -4.74. The van der Waals surface area contributed by atoms with Gasteiger partial charge in [0.2, 0.25) is 0 Å². The van der Waals surface area contributed by atoms with E-state index in [2.05, 4.69) is 38.1 Å². The minimum Gasteiger partial charge on any atom is -0.300 e. The zero-order valence-electron chi connectivity index (χ0n) is 17.4. The summed E-state index contributed by atoms with van der Waals surface area (Å²) in [4.78, 5) is 19.5. The molecule has 1 heterocycles. The van der Waals surface area contributed by atoms with Crippen molar-refractivity contribution in [3.05, 3.63) is 83.9 Å². The molecule has 1 aliphatic rings.